The summed E-state index contributed by atoms with van der Waals surface area (Å²) in [6, 6.07) is 7.79. The second-order valence-electron chi connectivity index (χ2n) is 7.00. The molecule has 2 aliphatic rings. The van der Waals surface area contributed by atoms with Gasteiger partial charge in [0.05, 0.1) is 26.4 Å². The van der Waals surface area contributed by atoms with Crippen molar-refractivity contribution in [3.63, 3.8) is 0 Å². The zero-order valence-electron chi connectivity index (χ0n) is 15.1. The first-order valence-corrected chi connectivity index (χ1v) is 9.15. The normalized spacial score (nSPS) is 33.9. The molecular weight excluding hydrogens is 340 g/mol. The fraction of sp³-hybridized carbons (Fsp3) is 0.632. The van der Waals surface area contributed by atoms with Crippen molar-refractivity contribution in [2.45, 2.75) is 39.3 Å². The van der Waals surface area contributed by atoms with Gasteiger partial charge in [0, 0.05) is 35.5 Å². The van der Waals surface area contributed by atoms with Gasteiger partial charge in [0.15, 0.2) is 6.29 Å². The number of ether oxygens (including phenoxy) is 5. The summed E-state index contributed by atoms with van der Waals surface area (Å²) in [4.78, 5) is 0. The lowest BCUT2D eigenvalue weighted by molar-refractivity contribution is -0.258. The molecule has 2 saturated heterocycles. The van der Waals surface area contributed by atoms with E-state index in [1.807, 2.05) is 24.3 Å². The molecule has 2 heterocycles. The third kappa shape index (κ3) is 4.07. The van der Waals surface area contributed by atoms with Crippen LogP contribution in [-0.4, -0.2) is 37.8 Å². The average Bonchev–Trinajstić information content (AvgIpc) is 2.63. The molecule has 0 N–H and O–H groups in total. The van der Waals surface area contributed by atoms with Gasteiger partial charge in [-0.25, -0.2) is 0 Å². The Morgan fingerprint density at radius 3 is 2.44 bits per heavy atom. The van der Waals surface area contributed by atoms with E-state index in [1.165, 1.54) is 0 Å². The Morgan fingerprint density at radius 2 is 1.76 bits per heavy atom. The minimum Gasteiger partial charge on any atom is -0.497 e. The van der Waals surface area contributed by atoms with Gasteiger partial charge in [0.2, 0.25) is 0 Å². The largest absolute Gasteiger partial charge is 0.497 e. The van der Waals surface area contributed by atoms with Gasteiger partial charge in [0.1, 0.15) is 11.9 Å². The summed E-state index contributed by atoms with van der Waals surface area (Å²) in [6.45, 7) is 7.66. The standard InChI is InChI=1S/C19H26O5S/c1-11-9-21-18(14-5-7-15(20-4)8-6-14)23-16(11)13(3)17-12(2)10-22-19(25)24-17/h5-8,11-13,16-18H,9-10H2,1-4H3/t11-,12-,13-,16-,17-,18-/m1/s1. The monoisotopic (exact) mass is 366 g/mol. The highest BCUT2D eigenvalue weighted by molar-refractivity contribution is 7.79. The zero-order valence-corrected chi connectivity index (χ0v) is 16.0. The molecule has 1 aromatic carbocycles. The summed E-state index contributed by atoms with van der Waals surface area (Å²) in [5, 5.41) is 0.237. The van der Waals surface area contributed by atoms with Crippen molar-refractivity contribution in [3.8, 4) is 5.75 Å². The average molecular weight is 366 g/mol. The number of hydrogen-bond acceptors (Lipinski definition) is 6. The molecule has 0 amide bonds. The van der Waals surface area contributed by atoms with Crippen LogP contribution in [0.25, 0.3) is 0 Å². The third-order valence-electron chi connectivity index (χ3n) is 5.03. The molecule has 5 nitrogen and oxygen atoms in total. The molecule has 0 radical (unpaired) electrons. The third-order valence-corrected chi connectivity index (χ3v) is 5.25. The maximum Gasteiger partial charge on any atom is 0.352 e. The van der Waals surface area contributed by atoms with Crippen molar-refractivity contribution in [1.82, 2.24) is 0 Å². The van der Waals surface area contributed by atoms with E-state index in [9.17, 15) is 0 Å². The molecule has 6 atom stereocenters. The van der Waals surface area contributed by atoms with Crippen molar-refractivity contribution in [2.75, 3.05) is 20.3 Å². The fourth-order valence-corrected chi connectivity index (χ4v) is 3.78. The topological polar surface area (TPSA) is 46.2 Å². The van der Waals surface area contributed by atoms with Crippen LogP contribution in [0.1, 0.15) is 32.6 Å². The van der Waals surface area contributed by atoms with Gasteiger partial charge in [0.25, 0.3) is 0 Å². The van der Waals surface area contributed by atoms with Crippen molar-refractivity contribution < 1.29 is 23.7 Å². The molecule has 0 unspecified atom stereocenters. The Bertz CT molecular complexity index is 590. The van der Waals surface area contributed by atoms with Crippen molar-refractivity contribution >= 4 is 17.5 Å². The summed E-state index contributed by atoms with van der Waals surface area (Å²) in [6.07, 6.45) is -0.367. The van der Waals surface area contributed by atoms with Crippen LogP contribution in [0.3, 0.4) is 0 Å². The van der Waals surface area contributed by atoms with Crippen molar-refractivity contribution in [2.24, 2.45) is 17.8 Å². The Labute approximate surface area is 154 Å². The van der Waals surface area contributed by atoms with Crippen molar-refractivity contribution in [3.05, 3.63) is 29.8 Å². The van der Waals surface area contributed by atoms with Crippen LogP contribution < -0.4 is 4.74 Å². The second-order valence-corrected chi connectivity index (χ2v) is 7.33. The number of hydrogen-bond donors (Lipinski definition) is 0. The first kappa shape index (κ1) is 18.4. The maximum atomic E-state index is 6.33. The summed E-state index contributed by atoms with van der Waals surface area (Å²) < 4.78 is 28.6. The van der Waals surface area contributed by atoms with Gasteiger partial charge in [-0.3, -0.25) is 0 Å². The van der Waals surface area contributed by atoms with Gasteiger partial charge >= 0.3 is 5.24 Å². The molecule has 0 saturated carbocycles. The Morgan fingerprint density at radius 1 is 1.08 bits per heavy atom. The number of benzene rings is 1. The van der Waals surface area contributed by atoms with Crippen LogP contribution in [-0.2, 0) is 18.9 Å². The van der Waals surface area contributed by atoms with Crippen LogP contribution in [0.2, 0.25) is 0 Å². The summed E-state index contributed by atoms with van der Waals surface area (Å²) in [7, 11) is 1.65. The van der Waals surface area contributed by atoms with Gasteiger partial charge in [-0.05, 0) is 12.1 Å². The quantitative estimate of drug-likeness (QED) is 0.757. The summed E-state index contributed by atoms with van der Waals surface area (Å²) in [5.41, 5.74) is 0.987. The molecule has 6 heteroatoms. The minimum atomic E-state index is -0.378. The lowest BCUT2D eigenvalue weighted by Crippen LogP contribution is -2.48. The molecule has 138 valence electrons. The van der Waals surface area contributed by atoms with Crippen LogP contribution in [0, 0.1) is 17.8 Å². The van der Waals surface area contributed by atoms with Crippen molar-refractivity contribution in [1.29, 1.82) is 0 Å². The van der Waals surface area contributed by atoms with Gasteiger partial charge in [-0.1, -0.05) is 32.9 Å². The molecule has 0 spiro atoms. The molecule has 0 aliphatic carbocycles. The molecular formula is C19H26O5S. The van der Waals surface area contributed by atoms with E-state index < -0.39 is 0 Å². The highest BCUT2D eigenvalue weighted by Crippen LogP contribution is 2.36. The van der Waals surface area contributed by atoms with Gasteiger partial charge in [-0.2, -0.15) is 0 Å². The molecule has 2 aliphatic heterocycles. The highest BCUT2D eigenvalue weighted by Gasteiger charge is 2.41. The first-order valence-electron chi connectivity index (χ1n) is 8.74. The minimum absolute atomic E-state index is 0.0108. The van der Waals surface area contributed by atoms with Gasteiger partial charge < -0.3 is 23.7 Å². The van der Waals surface area contributed by atoms with E-state index >= 15 is 0 Å². The molecule has 25 heavy (non-hydrogen) atoms. The second kappa shape index (κ2) is 7.89. The van der Waals surface area contributed by atoms with E-state index in [2.05, 4.69) is 20.8 Å². The first-order chi connectivity index (χ1) is 12.0. The lowest BCUT2D eigenvalue weighted by Gasteiger charge is -2.43. The number of methoxy groups -OCH3 is 1. The van der Waals surface area contributed by atoms with E-state index in [0.717, 1.165) is 11.3 Å². The lowest BCUT2D eigenvalue weighted by atomic mass is 9.83. The Balaban J connectivity index is 1.72. The zero-order chi connectivity index (χ0) is 18.0. The molecule has 2 fully saturated rings. The van der Waals surface area contributed by atoms with Crippen LogP contribution in [0.15, 0.2) is 24.3 Å². The fourth-order valence-electron chi connectivity index (χ4n) is 3.60. The number of thiocarbonyl (C=S) groups is 1. The van der Waals surface area contributed by atoms with E-state index in [0.29, 0.717) is 13.2 Å². The number of rotatable bonds is 4. The predicted molar refractivity (Wildman–Crippen MR) is 97.5 cm³/mol. The Kier molecular flexibility index (Phi) is 5.81. The van der Waals surface area contributed by atoms with Crippen LogP contribution in [0.4, 0.5) is 0 Å². The Hall–Kier alpha value is -1.37. The van der Waals surface area contributed by atoms with E-state index in [-0.39, 0.29) is 41.5 Å². The summed E-state index contributed by atoms with van der Waals surface area (Å²) >= 11 is 5.09. The van der Waals surface area contributed by atoms with E-state index in [4.69, 9.17) is 35.9 Å². The maximum absolute atomic E-state index is 6.33. The predicted octanol–water partition coefficient (Wildman–Crippen LogP) is 3.72. The molecule has 0 bridgehead atoms. The van der Waals surface area contributed by atoms with Crippen LogP contribution >= 0.6 is 12.2 Å². The molecule has 1 aromatic rings. The molecule has 3 rings (SSSR count). The van der Waals surface area contributed by atoms with Crippen LogP contribution in [0.5, 0.6) is 5.75 Å². The SMILES string of the molecule is COc1ccc([C@@H]2OC[C@@H](C)[C@H]([C@@H](C)[C@@H]3OC(=S)OC[C@H]3C)O2)cc1. The summed E-state index contributed by atoms with van der Waals surface area (Å²) in [5.74, 6) is 1.53. The van der Waals surface area contributed by atoms with E-state index in [1.54, 1.807) is 7.11 Å². The highest BCUT2D eigenvalue weighted by atomic mass is 32.1. The smallest absolute Gasteiger partial charge is 0.352 e. The molecule has 0 aromatic heterocycles. The van der Waals surface area contributed by atoms with Gasteiger partial charge in [-0.15, -0.1) is 0 Å².